The number of amides is 1. The number of hydrogen-bond acceptors (Lipinski definition) is 4. The monoisotopic (exact) mass is 254 g/mol. The van der Waals surface area contributed by atoms with E-state index in [9.17, 15) is 4.79 Å². The fraction of sp³-hybridized carbons (Fsp3) is 0. The van der Waals surface area contributed by atoms with Crippen LogP contribution in [0, 0.1) is 16.7 Å². The van der Waals surface area contributed by atoms with Gasteiger partial charge in [0.05, 0.1) is 0 Å². The maximum absolute atomic E-state index is 11.1. The number of nitrogen functional groups attached to an aromatic ring is 1. The summed E-state index contributed by atoms with van der Waals surface area (Å²) in [5.74, 6) is -0.940. The highest BCUT2D eigenvalue weighted by Crippen LogP contribution is 2.22. The van der Waals surface area contributed by atoms with E-state index in [0.717, 1.165) is 0 Å². The average Bonchev–Trinajstić information content (AvgIpc) is 2.78. The second-order valence-electron chi connectivity index (χ2n) is 3.77. The van der Waals surface area contributed by atoms with Crippen LogP contribution in [0.5, 0.6) is 0 Å². The molecule has 0 aliphatic heterocycles. The lowest BCUT2D eigenvalue weighted by Crippen LogP contribution is -2.13. The Bertz CT molecular complexity index is 749. The maximum atomic E-state index is 11.1. The number of nitrogens with two attached hydrogens (primary N) is 2. The van der Waals surface area contributed by atoms with Gasteiger partial charge in [-0.1, -0.05) is 0 Å². The van der Waals surface area contributed by atoms with Gasteiger partial charge in [-0.05, 0) is 12.1 Å². The van der Waals surface area contributed by atoms with Crippen molar-refractivity contribution in [2.24, 2.45) is 11.5 Å². The second-order valence-corrected chi connectivity index (χ2v) is 3.77. The van der Waals surface area contributed by atoms with E-state index in [0.29, 0.717) is 22.2 Å². The molecule has 0 aliphatic carbocycles. The van der Waals surface area contributed by atoms with Crippen molar-refractivity contribution in [3.8, 4) is 6.07 Å². The molecule has 94 valence electrons. The van der Waals surface area contributed by atoms with E-state index < -0.39 is 5.91 Å². The normalized spacial score (nSPS) is 11.2. The van der Waals surface area contributed by atoms with Crippen molar-refractivity contribution in [1.82, 2.24) is 9.97 Å². The lowest BCUT2D eigenvalue weighted by molar-refractivity contribution is -0.114. The molecule has 0 aromatic carbocycles. The summed E-state index contributed by atoms with van der Waals surface area (Å²) < 4.78 is 0. The Hall–Kier alpha value is -3.14. The fourth-order valence-electron chi connectivity index (χ4n) is 1.73. The molecule has 2 heterocycles. The molecule has 7 heteroatoms. The summed E-state index contributed by atoms with van der Waals surface area (Å²) >= 11 is 0. The number of aromatic amines is 1. The number of hydrogen-bond donors (Lipinski definition) is 4. The van der Waals surface area contributed by atoms with Crippen LogP contribution in [-0.4, -0.2) is 21.7 Å². The molecule has 6 N–H and O–H groups in total. The Kier molecular flexibility index (Phi) is 3.00. The van der Waals surface area contributed by atoms with E-state index in [1.165, 1.54) is 12.3 Å². The number of primary amides is 1. The first-order valence-corrected chi connectivity index (χ1v) is 5.26. The number of pyridine rings is 1. The SMILES string of the molecule is N#CC(=Cc1c[nH]c2nccc(C(=N)N)c12)C(N)=O. The molecule has 0 saturated carbocycles. The average molecular weight is 254 g/mol. The van der Waals surface area contributed by atoms with Gasteiger partial charge in [-0.2, -0.15) is 5.26 Å². The first-order chi connectivity index (χ1) is 9.04. The lowest BCUT2D eigenvalue weighted by atomic mass is 10.1. The second kappa shape index (κ2) is 4.62. The summed E-state index contributed by atoms with van der Waals surface area (Å²) in [6.07, 6.45) is 4.43. The zero-order chi connectivity index (χ0) is 14.0. The van der Waals surface area contributed by atoms with Gasteiger partial charge >= 0.3 is 0 Å². The molecule has 0 spiro atoms. The largest absolute Gasteiger partial charge is 0.384 e. The highest BCUT2D eigenvalue weighted by Gasteiger charge is 2.12. The van der Waals surface area contributed by atoms with E-state index in [4.69, 9.17) is 22.1 Å². The summed E-state index contributed by atoms with van der Waals surface area (Å²) in [6.45, 7) is 0. The first kappa shape index (κ1) is 12.3. The van der Waals surface area contributed by atoms with Crippen LogP contribution >= 0.6 is 0 Å². The summed E-state index contributed by atoms with van der Waals surface area (Å²) in [4.78, 5) is 18.0. The highest BCUT2D eigenvalue weighted by molar-refractivity contribution is 6.10. The van der Waals surface area contributed by atoms with Crippen molar-refractivity contribution >= 4 is 28.9 Å². The van der Waals surface area contributed by atoms with Gasteiger partial charge in [0.2, 0.25) is 0 Å². The van der Waals surface area contributed by atoms with Crippen molar-refractivity contribution in [2.75, 3.05) is 0 Å². The Labute approximate surface area is 108 Å². The molecular formula is C12H10N6O. The van der Waals surface area contributed by atoms with Crippen LogP contribution in [0.1, 0.15) is 11.1 Å². The van der Waals surface area contributed by atoms with E-state index in [1.807, 2.05) is 0 Å². The number of aromatic nitrogens is 2. The quantitative estimate of drug-likeness (QED) is 0.269. The van der Waals surface area contributed by atoms with E-state index in [1.54, 1.807) is 18.3 Å². The zero-order valence-corrected chi connectivity index (χ0v) is 9.77. The smallest absolute Gasteiger partial charge is 0.259 e. The first-order valence-electron chi connectivity index (χ1n) is 5.26. The minimum absolute atomic E-state index is 0.126. The summed E-state index contributed by atoms with van der Waals surface area (Å²) in [5, 5.41) is 16.9. The molecule has 0 unspecified atom stereocenters. The highest BCUT2D eigenvalue weighted by atomic mass is 16.1. The number of carbonyl (C=O) groups excluding carboxylic acids is 1. The number of nitrogens with one attached hydrogen (secondary N) is 2. The predicted molar refractivity (Wildman–Crippen MR) is 69.9 cm³/mol. The Morgan fingerprint density at radius 2 is 2.26 bits per heavy atom. The molecule has 0 atom stereocenters. The minimum Gasteiger partial charge on any atom is -0.384 e. The Morgan fingerprint density at radius 1 is 1.53 bits per heavy atom. The van der Waals surface area contributed by atoms with Gasteiger partial charge in [0.15, 0.2) is 0 Å². The van der Waals surface area contributed by atoms with E-state index >= 15 is 0 Å². The van der Waals surface area contributed by atoms with Gasteiger partial charge < -0.3 is 16.5 Å². The van der Waals surface area contributed by atoms with Crippen molar-refractivity contribution in [2.45, 2.75) is 0 Å². The van der Waals surface area contributed by atoms with Crippen LogP contribution in [0.3, 0.4) is 0 Å². The standard InChI is InChI=1S/C12H10N6O/c13-4-6(11(16)19)3-7-5-18-12-9(7)8(10(14)15)1-2-17-12/h1-3,5H,(H3,14,15)(H2,16,19)(H,17,18). The van der Waals surface area contributed by atoms with Crippen LogP contribution < -0.4 is 11.5 Å². The van der Waals surface area contributed by atoms with Crippen molar-refractivity contribution in [3.05, 3.63) is 35.2 Å². The molecule has 0 fully saturated rings. The van der Waals surface area contributed by atoms with Gasteiger partial charge in [-0.3, -0.25) is 10.2 Å². The Morgan fingerprint density at radius 3 is 2.84 bits per heavy atom. The van der Waals surface area contributed by atoms with Crippen molar-refractivity contribution in [3.63, 3.8) is 0 Å². The van der Waals surface area contributed by atoms with Crippen LogP contribution in [0.25, 0.3) is 17.1 Å². The summed E-state index contributed by atoms with van der Waals surface area (Å²) in [6, 6.07) is 3.31. The number of fused-ring (bicyclic) bond motifs is 1. The molecule has 19 heavy (non-hydrogen) atoms. The molecule has 0 bridgehead atoms. The summed E-state index contributed by atoms with van der Waals surface area (Å²) in [7, 11) is 0. The van der Waals surface area contributed by atoms with E-state index in [2.05, 4.69) is 9.97 Å². The van der Waals surface area contributed by atoms with Gasteiger partial charge in [-0.15, -0.1) is 0 Å². The third-order valence-electron chi connectivity index (χ3n) is 2.58. The van der Waals surface area contributed by atoms with Crippen LogP contribution in [0.4, 0.5) is 0 Å². The van der Waals surface area contributed by atoms with Crippen LogP contribution in [-0.2, 0) is 4.79 Å². The summed E-state index contributed by atoms with van der Waals surface area (Å²) in [5.41, 5.74) is 11.9. The van der Waals surface area contributed by atoms with E-state index in [-0.39, 0.29) is 11.4 Å². The molecule has 2 rings (SSSR count). The lowest BCUT2D eigenvalue weighted by Gasteiger charge is -2.01. The molecule has 1 amide bonds. The van der Waals surface area contributed by atoms with Gasteiger partial charge in [0, 0.05) is 28.9 Å². The van der Waals surface area contributed by atoms with Gasteiger partial charge in [-0.25, -0.2) is 4.98 Å². The number of carbonyl (C=O) groups is 1. The fourth-order valence-corrected chi connectivity index (χ4v) is 1.73. The Balaban J connectivity index is 2.73. The number of nitrogens with zero attached hydrogens (tertiary/aromatic N) is 2. The number of nitriles is 1. The number of amidine groups is 1. The molecule has 2 aromatic rings. The number of rotatable bonds is 3. The molecule has 2 aromatic heterocycles. The third kappa shape index (κ3) is 2.14. The molecule has 7 nitrogen and oxygen atoms in total. The zero-order valence-electron chi connectivity index (χ0n) is 9.77. The number of H-pyrrole nitrogens is 1. The van der Waals surface area contributed by atoms with Crippen LogP contribution in [0.2, 0.25) is 0 Å². The molecular weight excluding hydrogens is 244 g/mol. The predicted octanol–water partition coefficient (Wildman–Crippen LogP) is 0.239. The minimum atomic E-state index is -0.815. The molecule has 0 radical (unpaired) electrons. The van der Waals surface area contributed by atoms with Gasteiger partial charge in [0.1, 0.15) is 23.1 Å². The topological polar surface area (TPSA) is 145 Å². The maximum Gasteiger partial charge on any atom is 0.259 e. The van der Waals surface area contributed by atoms with Crippen LogP contribution in [0.15, 0.2) is 24.0 Å². The van der Waals surface area contributed by atoms with Crippen molar-refractivity contribution < 1.29 is 4.79 Å². The van der Waals surface area contributed by atoms with Crippen molar-refractivity contribution in [1.29, 1.82) is 10.7 Å². The van der Waals surface area contributed by atoms with Gasteiger partial charge in [0.25, 0.3) is 5.91 Å². The molecule has 0 saturated heterocycles. The molecule has 0 aliphatic rings. The third-order valence-corrected chi connectivity index (χ3v) is 2.58.